The zero-order valence-electron chi connectivity index (χ0n) is 19.0. The average molecular weight is 477 g/mol. The maximum absolute atomic E-state index is 13.4. The van der Waals surface area contributed by atoms with Crippen LogP contribution in [0.4, 0.5) is 5.69 Å². The van der Waals surface area contributed by atoms with Gasteiger partial charge in [0, 0.05) is 17.3 Å². The van der Waals surface area contributed by atoms with Gasteiger partial charge in [0.15, 0.2) is 0 Å². The molecule has 1 aromatic heterocycles. The highest BCUT2D eigenvalue weighted by molar-refractivity contribution is 7.91. The van der Waals surface area contributed by atoms with Crippen LogP contribution in [-0.4, -0.2) is 26.0 Å². The molecule has 7 nitrogen and oxygen atoms in total. The molecule has 0 saturated heterocycles. The topological polar surface area (TPSA) is 94.5 Å². The van der Waals surface area contributed by atoms with Crippen LogP contribution >= 0.6 is 0 Å². The summed E-state index contributed by atoms with van der Waals surface area (Å²) in [6.45, 7) is 3.52. The van der Waals surface area contributed by atoms with Crippen molar-refractivity contribution < 1.29 is 17.9 Å². The summed E-state index contributed by atoms with van der Waals surface area (Å²) in [4.78, 5) is 25.6. The van der Waals surface area contributed by atoms with E-state index in [-0.39, 0.29) is 27.6 Å². The minimum absolute atomic E-state index is 0.0391. The quantitative estimate of drug-likeness (QED) is 0.452. The predicted octanol–water partition coefficient (Wildman–Crippen LogP) is 4.10. The van der Waals surface area contributed by atoms with Gasteiger partial charge in [0.25, 0.3) is 0 Å². The number of fused-ring (bicyclic) bond motifs is 1. The lowest BCUT2D eigenvalue weighted by Crippen LogP contribution is -2.24. The van der Waals surface area contributed by atoms with Crippen LogP contribution in [0.2, 0.25) is 0 Å². The minimum Gasteiger partial charge on any atom is -0.497 e. The molecule has 1 N–H and O–H groups in total. The van der Waals surface area contributed by atoms with Gasteiger partial charge in [-0.15, -0.1) is 0 Å². The van der Waals surface area contributed by atoms with Crippen LogP contribution in [0.25, 0.3) is 10.9 Å². The average Bonchev–Trinajstić information content (AvgIpc) is 2.83. The summed E-state index contributed by atoms with van der Waals surface area (Å²) in [5.74, 6) is 0.291. The number of hydrogen-bond donors (Lipinski definition) is 1. The number of rotatable bonds is 6. The number of carbonyl (C=O) groups is 1. The molecular weight excluding hydrogens is 452 g/mol. The van der Waals surface area contributed by atoms with Crippen molar-refractivity contribution in [3.05, 3.63) is 94.3 Å². The van der Waals surface area contributed by atoms with E-state index < -0.39 is 15.3 Å². The molecule has 0 spiro atoms. The van der Waals surface area contributed by atoms with E-state index in [4.69, 9.17) is 4.74 Å². The fourth-order valence-corrected chi connectivity index (χ4v) is 5.13. The van der Waals surface area contributed by atoms with E-state index in [0.717, 1.165) is 11.1 Å². The number of aryl methyl sites for hydroxylation is 2. The summed E-state index contributed by atoms with van der Waals surface area (Å²) in [5.41, 5.74) is 2.20. The Bertz CT molecular complexity index is 1550. The molecular formula is C26H24N2O5S. The second-order valence-electron chi connectivity index (χ2n) is 7.99. The van der Waals surface area contributed by atoms with Gasteiger partial charge in [-0.05, 0) is 73.5 Å². The van der Waals surface area contributed by atoms with Crippen molar-refractivity contribution in [1.29, 1.82) is 0 Å². The first kappa shape index (κ1) is 23.3. The van der Waals surface area contributed by atoms with Gasteiger partial charge in [0.1, 0.15) is 17.2 Å². The van der Waals surface area contributed by atoms with Gasteiger partial charge in [-0.2, -0.15) is 0 Å². The lowest BCUT2D eigenvalue weighted by atomic mass is 10.1. The highest BCUT2D eigenvalue weighted by atomic mass is 32.2. The van der Waals surface area contributed by atoms with E-state index in [1.165, 1.54) is 16.8 Å². The molecule has 0 aliphatic heterocycles. The number of methoxy groups -OCH3 is 1. The third kappa shape index (κ3) is 4.45. The number of nitrogens with one attached hydrogen (secondary N) is 1. The van der Waals surface area contributed by atoms with Crippen molar-refractivity contribution in [2.24, 2.45) is 0 Å². The van der Waals surface area contributed by atoms with Crippen LogP contribution in [0.3, 0.4) is 0 Å². The molecule has 34 heavy (non-hydrogen) atoms. The third-order valence-electron chi connectivity index (χ3n) is 5.72. The monoisotopic (exact) mass is 476 g/mol. The Labute approximate surface area is 197 Å². The first-order valence-electron chi connectivity index (χ1n) is 10.6. The van der Waals surface area contributed by atoms with Gasteiger partial charge < -0.3 is 14.6 Å². The Morgan fingerprint density at radius 1 is 0.971 bits per heavy atom. The summed E-state index contributed by atoms with van der Waals surface area (Å²) in [6.07, 6.45) is 1.25. The van der Waals surface area contributed by atoms with Crippen LogP contribution in [0.5, 0.6) is 5.75 Å². The van der Waals surface area contributed by atoms with Gasteiger partial charge in [-0.1, -0.05) is 18.2 Å². The van der Waals surface area contributed by atoms with Gasteiger partial charge in [-0.3, -0.25) is 9.59 Å². The maximum atomic E-state index is 13.4. The zero-order valence-corrected chi connectivity index (χ0v) is 19.8. The molecule has 0 saturated carbocycles. The van der Waals surface area contributed by atoms with Crippen molar-refractivity contribution in [2.45, 2.75) is 30.2 Å². The normalized spacial score (nSPS) is 11.4. The molecule has 0 radical (unpaired) electrons. The van der Waals surface area contributed by atoms with Crippen LogP contribution < -0.4 is 15.5 Å². The van der Waals surface area contributed by atoms with Crippen molar-refractivity contribution in [1.82, 2.24) is 4.57 Å². The molecule has 8 heteroatoms. The highest BCUT2D eigenvalue weighted by Gasteiger charge is 2.24. The first-order chi connectivity index (χ1) is 16.2. The number of nitrogens with zero attached hydrogens (tertiary/aromatic N) is 1. The van der Waals surface area contributed by atoms with Crippen molar-refractivity contribution in [2.75, 3.05) is 12.4 Å². The minimum atomic E-state index is -4.10. The lowest BCUT2D eigenvalue weighted by molar-refractivity contribution is -0.116. The molecule has 3 aromatic carbocycles. The van der Waals surface area contributed by atoms with Gasteiger partial charge >= 0.3 is 0 Å². The van der Waals surface area contributed by atoms with E-state index in [0.29, 0.717) is 17.0 Å². The number of carbonyl (C=O) groups excluding carboxylic acids is 1. The van der Waals surface area contributed by atoms with E-state index in [1.807, 2.05) is 13.8 Å². The molecule has 4 rings (SSSR count). The lowest BCUT2D eigenvalue weighted by Gasteiger charge is -2.14. The molecule has 0 aliphatic carbocycles. The molecule has 1 amide bonds. The Balaban J connectivity index is 1.76. The summed E-state index contributed by atoms with van der Waals surface area (Å²) in [5, 5.41) is 3.01. The van der Waals surface area contributed by atoms with Crippen LogP contribution in [-0.2, 0) is 21.2 Å². The molecule has 0 atom stereocenters. The van der Waals surface area contributed by atoms with Crippen molar-refractivity contribution >= 4 is 32.3 Å². The van der Waals surface area contributed by atoms with Gasteiger partial charge in [-0.25, -0.2) is 8.42 Å². The van der Waals surface area contributed by atoms with Crippen LogP contribution in [0, 0.1) is 13.8 Å². The second-order valence-corrected chi connectivity index (χ2v) is 9.91. The smallest absolute Gasteiger partial charge is 0.244 e. The Morgan fingerprint density at radius 3 is 2.35 bits per heavy atom. The largest absolute Gasteiger partial charge is 0.497 e. The number of anilines is 1. The zero-order chi connectivity index (χ0) is 24.5. The van der Waals surface area contributed by atoms with Gasteiger partial charge in [0.2, 0.25) is 21.2 Å². The molecule has 0 bridgehead atoms. The van der Waals surface area contributed by atoms with E-state index >= 15 is 0 Å². The van der Waals surface area contributed by atoms with Gasteiger partial charge in [0.05, 0.1) is 17.5 Å². The van der Waals surface area contributed by atoms with Crippen LogP contribution in [0.15, 0.2) is 87.5 Å². The fourth-order valence-electron chi connectivity index (χ4n) is 3.68. The Kier molecular flexibility index (Phi) is 6.26. The third-order valence-corrected chi connectivity index (χ3v) is 7.47. The number of hydrogen-bond acceptors (Lipinski definition) is 5. The number of benzene rings is 3. The Hall–Kier alpha value is -3.91. The number of ether oxygens (including phenoxy) is 1. The van der Waals surface area contributed by atoms with E-state index in [1.54, 1.807) is 67.8 Å². The summed E-state index contributed by atoms with van der Waals surface area (Å²) < 4.78 is 33.5. The molecule has 0 fully saturated rings. The van der Waals surface area contributed by atoms with E-state index in [2.05, 4.69) is 5.32 Å². The van der Waals surface area contributed by atoms with Crippen molar-refractivity contribution in [3.63, 3.8) is 0 Å². The van der Waals surface area contributed by atoms with Crippen LogP contribution in [0.1, 0.15) is 11.1 Å². The Morgan fingerprint density at radius 2 is 1.68 bits per heavy atom. The molecule has 4 aromatic rings. The summed E-state index contributed by atoms with van der Waals surface area (Å²) in [6, 6.07) is 18.3. The number of pyridine rings is 1. The maximum Gasteiger partial charge on any atom is 0.244 e. The molecule has 0 unspecified atom stereocenters. The fraction of sp³-hybridized carbons (Fsp3) is 0.154. The standard InChI is InChI=1S/C26H24N2O5S/c1-17-8-13-21(14-18(17)2)34(31,32)24-15-28(23-7-5-4-6-22(23)26(24)30)16-25(29)27-19-9-11-20(33-3)12-10-19/h4-15H,16H2,1-3H3,(H,27,29). The molecule has 1 heterocycles. The highest BCUT2D eigenvalue weighted by Crippen LogP contribution is 2.23. The summed E-state index contributed by atoms with van der Waals surface area (Å²) >= 11 is 0. The summed E-state index contributed by atoms with van der Waals surface area (Å²) in [7, 11) is -2.55. The first-order valence-corrected chi connectivity index (χ1v) is 12.1. The number of aromatic nitrogens is 1. The molecule has 0 aliphatic rings. The number of para-hydroxylation sites is 1. The van der Waals surface area contributed by atoms with E-state index in [9.17, 15) is 18.0 Å². The number of amides is 1. The predicted molar refractivity (Wildman–Crippen MR) is 131 cm³/mol. The molecule has 174 valence electrons. The van der Waals surface area contributed by atoms with Crippen molar-refractivity contribution in [3.8, 4) is 5.75 Å². The second kappa shape index (κ2) is 9.15. The SMILES string of the molecule is COc1ccc(NC(=O)Cn2cc(S(=O)(=O)c3ccc(C)c(C)c3)c(=O)c3ccccc32)cc1. The number of sulfone groups is 1.